The number of rotatable bonds is 6. The Hall–Kier alpha value is -1.35. The fraction of sp³-hybridized carbons (Fsp3) is 0.611. The van der Waals surface area contributed by atoms with E-state index in [2.05, 4.69) is 22.8 Å². The van der Waals surface area contributed by atoms with Gasteiger partial charge in [0.05, 0.1) is 5.41 Å². The molecule has 2 fully saturated rings. The fourth-order valence-electron chi connectivity index (χ4n) is 3.43. The zero-order chi connectivity index (χ0) is 14.5. The number of benzene rings is 1. The molecular formula is C18H26N2O. The van der Waals surface area contributed by atoms with Crippen LogP contribution in [-0.4, -0.2) is 25.5 Å². The van der Waals surface area contributed by atoms with E-state index in [4.69, 9.17) is 0 Å². The highest BCUT2D eigenvalue weighted by atomic mass is 16.2. The summed E-state index contributed by atoms with van der Waals surface area (Å²) in [7, 11) is 0. The van der Waals surface area contributed by atoms with Crippen LogP contribution in [0.2, 0.25) is 0 Å². The monoisotopic (exact) mass is 286 g/mol. The lowest BCUT2D eigenvalue weighted by Gasteiger charge is -2.36. The van der Waals surface area contributed by atoms with Crippen LogP contribution in [-0.2, 0) is 10.2 Å². The van der Waals surface area contributed by atoms with Crippen LogP contribution in [0.15, 0.2) is 30.3 Å². The van der Waals surface area contributed by atoms with Crippen molar-refractivity contribution in [1.29, 1.82) is 0 Å². The lowest BCUT2D eigenvalue weighted by molar-refractivity contribution is -0.127. The molecule has 2 aliphatic rings. The first-order valence-corrected chi connectivity index (χ1v) is 8.36. The fourth-order valence-corrected chi connectivity index (χ4v) is 3.43. The molecule has 0 aromatic heterocycles. The quantitative estimate of drug-likeness (QED) is 0.789. The van der Waals surface area contributed by atoms with Crippen LogP contribution in [0.5, 0.6) is 0 Å². The van der Waals surface area contributed by atoms with Crippen molar-refractivity contribution in [3.8, 4) is 0 Å². The summed E-state index contributed by atoms with van der Waals surface area (Å²) in [4.78, 5) is 12.8. The van der Waals surface area contributed by atoms with Gasteiger partial charge in [-0.1, -0.05) is 43.2 Å². The normalized spacial score (nSPS) is 21.0. The van der Waals surface area contributed by atoms with Gasteiger partial charge in [0.1, 0.15) is 0 Å². The minimum absolute atomic E-state index is 0.228. The second kappa shape index (κ2) is 6.61. The summed E-state index contributed by atoms with van der Waals surface area (Å²) in [6, 6.07) is 10.3. The molecule has 0 bridgehead atoms. The Balaban J connectivity index is 1.64. The highest BCUT2D eigenvalue weighted by Gasteiger charge is 2.40. The molecule has 0 atom stereocenters. The molecule has 0 unspecified atom stereocenters. The molecule has 114 valence electrons. The molecule has 2 N–H and O–H groups in total. The zero-order valence-corrected chi connectivity index (χ0v) is 12.7. The van der Waals surface area contributed by atoms with Crippen LogP contribution in [0.3, 0.4) is 0 Å². The minimum Gasteiger partial charge on any atom is -0.355 e. The summed E-state index contributed by atoms with van der Waals surface area (Å²) in [5, 5.41) is 6.58. The molecule has 1 aromatic rings. The molecule has 0 spiro atoms. The van der Waals surface area contributed by atoms with Crippen LogP contribution in [0, 0.1) is 5.92 Å². The van der Waals surface area contributed by atoms with Crippen molar-refractivity contribution in [2.24, 2.45) is 5.92 Å². The zero-order valence-electron chi connectivity index (χ0n) is 12.7. The van der Waals surface area contributed by atoms with E-state index in [0.29, 0.717) is 0 Å². The molecular weight excluding hydrogens is 260 g/mol. The van der Waals surface area contributed by atoms with Crippen LogP contribution in [0.4, 0.5) is 0 Å². The molecule has 3 rings (SSSR count). The van der Waals surface area contributed by atoms with Gasteiger partial charge >= 0.3 is 0 Å². The van der Waals surface area contributed by atoms with Crippen molar-refractivity contribution in [1.82, 2.24) is 10.6 Å². The van der Waals surface area contributed by atoms with E-state index in [1.807, 2.05) is 18.2 Å². The summed E-state index contributed by atoms with van der Waals surface area (Å²) >= 11 is 0. The van der Waals surface area contributed by atoms with Crippen molar-refractivity contribution in [3.05, 3.63) is 35.9 Å². The number of piperidine rings is 1. The van der Waals surface area contributed by atoms with Gasteiger partial charge in [-0.25, -0.2) is 0 Å². The number of hydrogen-bond donors (Lipinski definition) is 2. The lowest BCUT2D eigenvalue weighted by atomic mass is 9.72. The first-order chi connectivity index (χ1) is 10.3. The number of carbonyl (C=O) groups excluding carboxylic acids is 1. The largest absolute Gasteiger partial charge is 0.355 e. The molecule has 0 radical (unpaired) electrons. The molecule has 3 nitrogen and oxygen atoms in total. The third-order valence-corrected chi connectivity index (χ3v) is 4.99. The van der Waals surface area contributed by atoms with Gasteiger partial charge in [-0.05, 0) is 50.3 Å². The maximum absolute atomic E-state index is 12.8. The van der Waals surface area contributed by atoms with E-state index in [-0.39, 0.29) is 11.3 Å². The van der Waals surface area contributed by atoms with Crippen LogP contribution >= 0.6 is 0 Å². The number of carbonyl (C=O) groups is 1. The van der Waals surface area contributed by atoms with Crippen molar-refractivity contribution < 1.29 is 4.79 Å². The number of hydrogen-bond acceptors (Lipinski definition) is 2. The molecule has 1 aromatic carbocycles. The molecule has 1 aliphatic heterocycles. The van der Waals surface area contributed by atoms with Gasteiger partial charge in [-0.15, -0.1) is 0 Å². The predicted octanol–water partition coefficient (Wildman–Crippen LogP) is 2.61. The van der Waals surface area contributed by atoms with E-state index in [0.717, 1.165) is 44.8 Å². The maximum Gasteiger partial charge on any atom is 0.230 e. The molecule has 21 heavy (non-hydrogen) atoms. The second-order valence-corrected chi connectivity index (χ2v) is 6.54. The Morgan fingerprint density at radius 3 is 2.57 bits per heavy atom. The van der Waals surface area contributed by atoms with E-state index in [1.54, 1.807) is 0 Å². The summed E-state index contributed by atoms with van der Waals surface area (Å²) in [5.74, 6) is 1.18. The molecule has 3 heteroatoms. The van der Waals surface area contributed by atoms with Crippen LogP contribution in [0.25, 0.3) is 0 Å². The number of nitrogens with one attached hydrogen (secondary N) is 2. The van der Waals surface area contributed by atoms with Crippen molar-refractivity contribution >= 4 is 5.91 Å². The van der Waals surface area contributed by atoms with Gasteiger partial charge in [0, 0.05) is 6.54 Å². The first kappa shape index (κ1) is 14.6. The maximum atomic E-state index is 12.8. The first-order valence-electron chi connectivity index (χ1n) is 8.36. The summed E-state index contributed by atoms with van der Waals surface area (Å²) in [6.07, 6.45) is 6.98. The average Bonchev–Trinajstić information content (AvgIpc) is 3.37. The van der Waals surface area contributed by atoms with Gasteiger partial charge in [0.2, 0.25) is 5.91 Å². The third kappa shape index (κ3) is 3.46. The summed E-state index contributed by atoms with van der Waals surface area (Å²) in [6.45, 7) is 2.67. The molecule has 1 aliphatic carbocycles. The molecule has 1 saturated carbocycles. The van der Waals surface area contributed by atoms with Crippen LogP contribution < -0.4 is 10.6 Å². The van der Waals surface area contributed by atoms with Gasteiger partial charge in [0.15, 0.2) is 0 Å². The van der Waals surface area contributed by atoms with Gasteiger partial charge < -0.3 is 10.6 Å². The molecule has 1 heterocycles. The van der Waals surface area contributed by atoms with Gasteiger partial charge in [-0.3, -0.25) is 4.79 Å². The van der Waals surface area contributed by atoms with E-state index < -0.39 is 0 Å². The Kier molecular flexibility index (Phi) is 4.59. The van der Waals surface area contributed by atoms with Crippen LogP contribution in [0.1, 0.15) is 44.1 Å². The Morgan fingerprint density at radius 2 is 1.90 bits per heavy atom. The topological polar surface area (TPSA) is 41.1 Å². The van der Waals surface area contributed by atoms with E-state index in [9.17, 15) is 4.79 Å². The number of amides is 1. The van der Waals surface area contributed by atoms with E-state index >= 15 is 0 Å². The summed E-state index contributed by atoms with van der Waals surface area (Å²) in [5.41, 5.74) is 0.845. The van der Waals surface area contributed by atoms with Gasteiger partial charge in [0.25, 0.3) is 0 Å². The summed E-state index contributed by atoms with van der Waals surface area (Å²) < 4.78 is 0. The Bertz CT molecular complexity index is 461. The average molecular weight is 286 g/mol. The highest BCUT2D eigenvalue weighted by molar-refractivity contribution is 5.88. The molecule has 1 amide bonds. The molecule has 1 saturated heterocycles. The Morgan fingerprint density at radius 1 is 1.19 bits per heavy atom. The second-order valence-electron chi connectivity index (χ2n) is 6.54. The lowest BCUT2D eigenvalue weighted by Crippen LogP contribution is -2.50. The van der Waals surface area contributed by atoms with Crippen molar-refractivity contribution in [3.63, 3.8) is 0 Å². The van der Waals surface area contributed by atoms with Gasteiger partial charge in [-0.2, -0.15) is 0 Å². The van der Waals surface area contributed by atoms with Crippen molar-refractivity contribution in [2.45, 2.75) is 43.9 Å². The smallest absolute Gasteiger partial charge is 0.230 e. The van der Waals surface area contributed by atoms with E-state index in [1.165, 1.54) is 24.8 Å². The standard InChI is InChI=1S/C18H26N2O/c21-17(20-12-4-5-15-8-9-15)18(10-13-19-14-11-18)16-6-2-1-3-7-16/h1-3,6-7,15,19H,4-5,8-14H2,(H,20,21). The highest BCUT2D eigenvalue weighted by Crippen LogP contribution is 2.34. The minimum atomic E-state index is -0.327. The van der Waals surface area contributed by atoms with Crippen molar-refractivity contribution in [2.75, 3.05) is 19.6 Å². The SMILES string of the molecule is O=C(NCCCC1CC1)C1(c2ccccc2)CCNCC1. The third-order valence-electron chi connectivity index (χ3n) is 4.99. The Labute approximate surface area is 127 Å². The predicted molar refractivity (Wildman–Crippen MR) is 85.2 cm³/mol.